The Bertz CT molecular complexity index is 1210. The first-order valence-corrected chi connectivity index (χ1v) is 10.9. The van der Waals surface area contributed by atoms with Gasteiger partial charge >= 0.3 is 0 Å². The highest BCUT2D eigenvalue weighted by Gasteiger charge is 2.20. The molecule has 1 heterocycles. The minimum Gasteiger partial charge on any atom is -0.497 e. The van der Waals surface area contributed by atoms with Crippen LogP contribution in [0.1, 0.15) is 21.6 Å². The molecule has 5 nitrogen and oxygen atoms in total. The molecule has 0 saturated heterocycles. The van der Waals surface area contributed by atoms with Crippen LogP contribution < -0.4 is 14.8 Å². The third-order valence-corrected chi connectivity index (χ3v) is 5.70. The molecular weight excluding hydrogens is 412 g/mol. The number of aromatic nitrogens is 1. The maximum absolute atomic E-state index is 13.2. The first-order valence-electron chi connectivity index (χ1n) is 10.9. The summed E-state index contributed by atoms with van der Waals surface area (Å²) >= 11 is 0. The van der Waals surface area contributed by atoms with Gasteiger partial charge in [0.25, 0.3) is 5.91 Å². The Kier molecular flexibility index (Phi) is 6.79. The van der Waals surface area contributed by atoms with Gasteiger partial charge in [0.05, 0.1) is 31.2 Å². The number of carbonyl (C=O) groups is 1. The zero-order valence-corrected chi connectivity index (χ0v) is 19.2. The van der Waals surface area contributed by atoms with E-state index >= 15 is 0 Å². The van der Waals surface area contributed by atoms with Crippen molar-refractivity contribution in [3.63, 3.8) is 0 Å². The highest BCUT2D eigenvalue weighted by atomic mass is 16.5. The molecule has 0 spiro atoms. The molecule has 0 saturated carbocycles. The number of benzene rings is 3. The first kappa shape index (κ1) is 22.2. The van der Waals surface area contributed by atoms with Gasteiger partial charge in [0.2, 0.25) is 0 Å². The van der Waals surface area contributed by atoms with Crippen molar-refractivity contribution in [1.29, 1.82) is 0 Å². The van der Waals surface area contributed by atoms with E-state index in [2.05, 4.69) is 22.0 Å². The molecule has 1 N–H and O–H groups in total. The Balaban J connectivity index is 1.71. The summed E-state index contributed by atoms with van der Waals surface area (Å²) in [5.41, 5.74) is 5.50. The Hall–Kier alpha value is -3.99. The van der Waals surface area contributed by atoms with E-state index in [9.17, 15) is 4.79 Å². The summed E-state index contributed by atoms with van der Waals surface area (Å²) in [5, 5.41) is 3.08. The van der Waals surface area contributed by atoms with Gasteiger partial charge in [-0.2, -0.15) is 0 Å². The summed E-state index contributed by atoms with van der Waals surface area (Å²) in [4.78, 5) is 13.2. The average molecular weight is 441 g/mol. The Labute approximate surface area is 194 Å². The van der Waals surface area contributed by atoms with E-state index in [1.165, 1.54) is 5.56 Å². The highest BCUT2D eigenvalue weighted by molar-refractivity contribution is 5.97. The van der Waals surface area contributed by atoms with Crippen LogP contribution in [0.5, 0.6) is 11.5 Å². The van der Waals surface area contributed by atoms with Crippen LogP contribution >= 0.6 is 0 Å². The second-order valence-corrected chi connectivity index (χ2v) is 7.79. The van der Waals surface area contributed by atoms with Crippen molar-refractivity contribution in [1.82, 2.24) is 9.88 Å². The van der Waals surface area contributed by atoms with Crippen LogP contribution in [0.15, 0.2) is 84.9 Å². The van der Waals surface area contributed by atoms with Gasteiger partial charge in [0.1, 0.15) is 11.5 Å². The van der Waals surface area contributed by atoms with Crippen molar-refractivity contribution in [3.8, 4) is 28.4 Å². The fraction of sp³-hybridized carbons (Fsp3) is 0.179. The molecular formula is C28H28N2O3. The largest absolute Gasteiger partial charge is 0.497 e. The zero-order chi connectivity index (χ0) is 23.2. The van der Waals surface area contributed by atoms with Crippen LogP contribution in [0.3, 0.4) is 0 Å². The van der Waals surface area contributed by atoms with E-state index in [0.29, 0.717) is 23.6 Å². The molecule has 0 fully saturated rings. The highest BCUT2D eigenvalue weighted by Crippen LogP contribution is 2.33. The third-order valence-electron chi connectivity index (χ3n) is 5.70. The van der Waals surface area contributed by atoms with Gasteiger partial charge in [0, 0.05) is 30.4 Å². The van der Waals surface area contributed by atoms with Gasteiger partial charge in [-0.15, -0.1) is 0 Å². The molecule has 0 aliphatic carbocycles. The van der Waals surface area contributed by atoms with Crippen molar-refractivity contribution in [2.24, 2.45) is 0 Å². The fourth-order valence-corrected chi connectivity index (χ4v) is 3.97. The lowest BCUT2D eigenvalue weighted by Crippen LogP contribution is -2.26. The number of nitrogens with one attached hydrogen (secondary N) is 1. The van der Waals surface area contributed by atoms with Crippen molar-refractivity contribution < 1.29 is 14.3 Å². The summed E-state index contributed by atoms with van der Waals surface area (Å²) < 4.78 is 13.0. The number of rotatable bonds is 8. The average Bonchev–Trinajstić information content (AvgIpc) is 3.22. The van der Waals surface area contributed by atoms with E-state index in [-0.39, 0.29) is 5.91 Å². The van der Waals surface area contributed by atoms with Gasteiger partial charge < -0.3 is 19.4 Å². The number of hydrogen-bond donors (Lipinski definition) is 1. The number of hydrogen-bond acceptors (Lipinski definition) is 3. The Morgan fingerprint density at radius 2 is 1.45 bits per heavy atom. The molecule has 33 heavy (non-hydrogen) atoms. The molecule has 4 aromatic rings. The quantitative estimate of drug-likeness (QED) is 0.397. The van der Waals surface area contributed by atoms with Gasteiger partial charge in [-0.3, -0.25) is 4.79 Å². The minimum atomic E-state index is -0.0887. The monoisotopic (exact) mass is 440 g/mol. The Morgan fingerprint density at radius 3 is 2.06 bits per heavy atom. The number of methoxy groups -OCH3 is 2. The molecule has 0 bridgehead atoms. The first-order chi connectivity index (χ1) is 16.1. The van der Waals surface area contributed by atoms with Crippen LogP contribution in [-0.2, 0) is 6.42 Å². The number of carbonyl (C=O) groups excluding carboxylic acids is 1. The van der Waals surface area contributed by atoms with Crippen molar-refractivity contribution >= 4 is 5.91 Å². The SMILES string of the molecule is COc1cc(OC)cc(-n2c(-c3ccccc3)cc(C(=O)NCCc3ccccc3)c2C)c1. The molecule has 0 aliphatic rings. The van der Waals surface area contributed by atoms with Crippen LogP contribution in [0.2, 0.25) is 0 Å². The summed E-state index contributed by atoms with van der Waals surface area (Å²) in [6.07, 6.45) is 0.783. The molecule has 168 valence electrons. The summed E-state index contributed by atoms with van der Waals surface area (Å²) in [6, 6.07) is 27.9. The fourth-order valence-electron chi connectivity index (χ4n) is 3.97. The standard InChI is InChI=1S/C28H28N2O3/c1-20-26(28(31)29-15-14-21-10-6-4-7-11-21)19-27(22-12-8-5-9-13-22)30(20)23-16-24(32-2)18-25(17-23)33-3/h4-13,16-19H,14-15H2,1-3H3,(H,29,31). The van der Waals surface area contributed by atoms with E-state index in [1.54, 1.807) is 14.2 Å². The van der Waals surface area contributed by atoms with Gasteiger partial charge in [0.15, 0.2) is 0 Å². The Morgan fingerprint density at radius 1 is 0.848 bits per heavy atom. The minimum absolute atomic E-state index is 0.0887. The molecule has 3 aromatic carbocycles. The smallest absolute Gasteiger partial charge is 0.253 e. The summed E-state index contributed by atoms with van der Waals surface area (Å²) in [7, 11) is 3.26. The predicted molar refractivity (Wildman–Crippen MR) is 132 cm³/mol. The number of amides is 1. The van der Waals surface area contributed by atoms with Gasteiger partial charge in [-0.05, 0) is 30.5 Å². The van der Waals surface area contributed by atoms with Crippen molar-refractivity contribution in [3.05, 3.63) is 102 Å². The number of nitrogens with zero attached hydrogens (tertiary/aromatic N) is 1. The predicted octanol–water partition coefficient (Wildman–Crippen LogP) is 5.44. The summed E-state index contributed by atoms with van der Waals surface area (Å²) in [5.74, 6) is 1.28. The molecule has 0 radical (unpaired) electrons. The zero-order valence-electron chi connectivity index (χ0n) is 19.2. The second-order valence-electron chi connectivity index (χ2n) is 7.79. The second kappa shape index (κ2) is 10.1. The molecule has 0 atom stereocenters. The third kappa shape index (κ3) is 4.93. The maximum atomic E-state index is 13.2. The lowest BCUT2D eigenvalue weighted by molar-refractivity contribution is 0.0953. The van der Waals surface area contributed by atoms with Crippen LogP contribution in [-0.4, -0.2) is 31.2 Å². The van der Waals surface area contributed by atoms with Gasteiger partial charge in [-0.25, -0.2) is 0 Å². The van der Waals surface area contributed by atoms with Gasteiger partial charge in [-0.1, -0.05) is 60.7 Å². The topological polar surface area (TPSA) is 52.5 Å². The van der Waals surface area contributed by atoms with E-state index in [4.69, 9.17) is 9.47 Å². The normalized spacial score (nSPS) is 10.6. The van der Waals surface area contributed by atoms with Crippen LogP contribution in [0, 0.1) is 6.92 Å². The maximum Gasteiger partial charge on any atom is 0.253 e. The van der Waals surface area contributed by atoms with Crippen molar-refractivity contribution in [2.45, 2.75) is 13.3 Å². The molecule has 0 aliphatic heterocycles. The van der Waals surface area contributed by atoms with E-state index in [1.807, 2.05) is 79.7 Å². The lowest BCUT2D eigenvalue weighted by Gasteiger charge is -2.15. The lowest BCUT2D eigenvalue weighted by atomic mass is 10.1. The molecule has 4 rings (SSSR count). The molecule has 1 amide bonds. The van der Waals surface area contributed by atoms with Crippen LogP contribution in [0.4, 0.5) is 0 Å². The number of ether oxygens (including phenoxy) is 2. The van der Waals surface area contributed by atoms with E-state index in [0.717, 1.165) is 29.1 Å². The molecule has 0 unspecified atom stereocenters. The van der Waals surface area contributed by atoms with Crippen molar-refractivity contribution in [2.75, 3.05) is 20.8 Å². The van der Waals surface area contributed by atoms with E-state index < -0.39 is 0 Å². The summed E-state index contributed by atoms with van der Waals surface area (Å²) in [6.45, 7) is 2.53. The van der Waals surface area contributed by atoms with Crippen LogP contribution in [0.25, 0.3) is 16.9 Å². The molecule has 1 aromatic heterocycles. The molecule has 5 heteroatoms.